The minimum atomic E-state index is 0.271. The second-order valence-corrected chi connectivity index (χ2v) is 5.67. The second-order valence-electron chi connectivity index (χ2n) is 4.75. The summed E-state index contributed by atoms with van der Waals surface area (Å²) < 4.78 is 6.91. The molecule has 0 aliphatic heterocycles. The average Bonchev–Trinajstić information content (AvgIpc) is 2.32. The van der Waals surface area contributed by atoms with Gasteiger partial charge in [0.15, 0.2) is 0 Å². The largest absolute Gasteiger partial charge is 0.489 e. The second kappa shape index (κ2) is 5.55. The van der Waals surface area contributed by atoms with E-state index in [0.717, 1.165) is 23.2 Å². The predicted octanol–water partition coefficient (Wildman–Crippen LogP) is 4.28. The number of halogens is 1. The number of nitriles is 1. The third-order valence-electron chi connectivity index (χ3n) is 3.32. The highest BCUT2D eigenvalue weighted by molar-refractivity contribution is 9.10. The lowest BCUT2D eigenvalue weighted by Crippen LogP contribution is -2.23. The molecule has 1 aromatic carbocycles. The van der Waals surface area contributed by atoms with Crippen LogP contribution in [0.5, 0.6) is 5.75 Å². The van der Waals surface area contributed by atoms with Crippen LogP contribution < -0.4 is 4.74 Å². The molecule has 0 N–H and O–H groups in total. The van der Waals surface area contributed by atoms with Crippen molar-refractivity contribution in [1.82, 2.24) is 0 Å². The first-order chi connectivity index (χ1) is 8.19. The maximum atomic E-state index is 9.04. The van der Waals surface area contributed by atoms with Gasteiger partial charge in [0, 0.05) is 4.47 Å². The zero-order valence-electron chi connectivity index (χ0n) is 9.95. The van der Waals surface area contributed by atoms with Crippen molar-refractivity contribution in [2.24, 2.45) is 5.92 Å². The lowest BCUT2D eigenvalue weighted by atomic mass is 9.89. The lowest BCUT2D eigenvalue weighted by Gasteiger charge is -2.27. The molecule has 0 atom stereocenters. The van der Waals surface area contributed by atoms with Gasteiger partial charge in [0.05, 0.1) is 11.7 Å². The van der Waals surface area contributed by atoms with Crippen molar-refractivity contribution in [3.63, 3.8) is 0 Å². The van der Waals surface area contributed by atoms with Crippen molar-refractivity contribution >= 4 is 15.9 Å². The number of hydrogen-bond acceptors (Lipinski definition) is 2. The minimum Gasteiger partial charge on any atom is -0.489 e. The van der Waals surface area contributed by atoms with Crippen LogP contribution in [0.2, 0.25) is 0 Å². The van der Waals surface area contributed by atoms with Gasteiger partial charge in [-0.1, -0.05) is 22.9 Å². The monoisotopic (exact) mass is 293 g/mol. The molecular weight excluding hydrogens is 278 g/mol. The molecule has 0 saturated heterocycles. The van der Waals surface area contributed by atoms with Gasteiger partial charge in [-0.2, -0.15) is 5.26 Å². The van der Waals surface area contributed by atoms with E-state index in [4.69, 9.17) is 10.00 Å². The van der Waals surface area contributed by atoms with E-state index in [1.165, 1.54) is 12.8 Å². The number of nitrogens with zero attached hydrogens (tertiary/aromatic N) is 1. The number of benzene rings is 1. The number of hydrogen-bond donors (Lipinski definition) is 0. The first kappa shape index (κ1) is 12.4. The van der Waals surface area contributed by atoms with Gasteiger partial charge >= 0.3 is 0 Å². The maximum absolute atomic E-state index is 9.04. The summed E-state index contributed by atoms with van der Waals surface area (Å²) in [5.74, 6) is 1.52. The number of ether oxygens (including phenoxy) is 1. The standard InChI is InChI=1S/C14H16BrNO/c1-10-2-6-13(7-3-10)17-14-8-12(15)5-4-11(14)9-16/h4-5,8,10,13H,2-3,6-7H2,1H3. The van der Waals surface area contributed by atoms with Crippen LogP contribution >= 0.6 is 15.9 Å². The molecule has 0 aromatic heterocycles. The van der Waals surface area contributed by atoms with Crippen LogP contribution in [0.15, 0.2) is 22.7 Å². The minimum absolute atomic E-state index is 0.271. The zero-order chi connectivity index (χ0) is 12.3. The van der Waals surface area contributed by atoms with Crippen molar-refractivity contribution < 1.29 is 4.74 Å². The molecule has 1 aromatic rings. The van der Waals surface area contributed by atoms with E-state index in [-0.39, 0.29) is 6.10 Å². The number of rotatable bonds is 2. The molecule has 0 heterocycles. The van der Waals surface area contributed by atoms with Crippen molar-refractivity contribution in [1.29, 1.82) is 5.26 Å². The van der Waals surface area contributed by atoms with E-state index in [2.05, 4.69) is 28.9 Å². The Morgan fingerprint density at radius 2 is 2.00 bits per heavy atom. The summed E-state index contributed by atoms with van der Waals surface area (Å²) >= 11 is 3.41. The van der Waals surface area contributed by atoms with E-state index < -0.39 is 0 Å². The van der Waals surface area contributed by atoms with Crippen LogP contribution in [-0.2, 0) is 0 Å². The van der Waals surface area contributed by atoms with Gasteiger partial charge in [0.1, 0.15) is 11.8 Å². The van der Waals surface area contributed by atoms with Gasteiger partial charge in [-0.05, 0) is 49.8 Å². The molecule has 90 valence electrons. The van der Waals surface area contributed by atoms with Gasteiger partial charge in [-0.25, -0.2) is 0 Å². The Labute approximate surface area is 111 Å². The summed E-state index contributed by atoms with van der Waals surface area (Å²) in [7, 11) is 0. The van der Waals surface area contributed by atoms with Crippen LogP contribution in [0.1, 0.15) is 38.2 Å². The summed E-state index contributed by atoms with van der Waals surface area (Å²) in [4.78, 5) is 0. The highest BCUT2D eigenvalue weighted by Gasteiger charge is 2.20. The molecule has 1 saturated carbocycles. The summed E-state index contributed by atoms with van der Waals surface area (Å²) in [5, 5.41) is 9.04. The van der Waals surface area contributed by atoms with E-state index in [1.807, 2.05) is 12.1 Å². The Balaban J connectivity index is 2.08. The average molecular weight is 294 g/mol. The Morgan fingerprint density at radius 1 is 1.29 bits per heavy atom. The molecule has 0 amide bonds. The molecule has 0 radical (unpaired) electrons. The molecule has 1 aliphatic carbocycles. The summed E-state index contributed by atoms with van der Waals surface area (Å²) in [6, 6.07) is 7.73. The van der Waals surface area contributed by atoms with Gasteiger partial charge in [0.2, 0.25) is 0 Å². The Morgan fingerprint density at radius 3 is 2.65 bits per heavy atom. The highest BCUT2D eigenvalue weighted by Crippen LogP contribution is 2.30. The summed E-state index contributed by atoms with van der Waals surface area (Å²) in [6.45, 7) is 2.29. The van der Waals surface area contributed by atoms with Crippen LogP contribution in [0.3, 0.4) is 0 Å². The zero-order valence-corrected chi connectivity index (χ0v) is 11.5. The molecule has 0 bridgehead atoms. The van der Waals surface area contributed by atoms with Crippen LogP contribution in [0.25, 0.3) is 0 Å². The summed E-state index contributed by atoms with van der Waals surface area (Å²) in [6.07, 6.45) is 4.91. The van der Waals surface area contributed by atoms with Gasteiger partial charge in [-0.3, -0.25) is 0 Å². The molecule has 1 aliphatic rings. The van der Waals surface area contributed by atoms with E-state index in [9.17, 15) is 0 Å². The van der Waals surface area contributed by atoms with Crippen molar-refractivity contribution in [3.05, 3.63) is 28.2 Å². The van der Waals surface area contributed by atoms with Crippen molar-refractivity contribution in [3.8, 4) is 11.8 Å². The van der Waals surface area contributed by atoms with E-state index >= 15 is 0 Å². The van der Waals surface area contributed by atoms with Crippen LogP contribution in [0, 0.1) is 17.2 Å². The normalized spacial score (nSPS) is 24.1. The molecule has 1 fully saturated rings. The smallest absolute Gasteiger partial charge is 0.138 e. The SMILES string of the molecule is CC1CCC(Oc2cc(Br)ccc2C#N)CC1. The lowest BCUT2D eigenvalue weighted by molar-refractivity contribution is 0.135. The van der Waals surface area contributed by atoms with Gasteiger partial charge in [-0.15, -0.1) is 0 Å². The first-order valence-corrected chi connectivity index (χ1v) is 6.84. The fourth-order valence-electron chi connectivity index (χ4n) is 2.21. The Hall–Kier alpha value is -1.01. The summed E-state index contributed by atoms with van der Waals surface area (Å²) in [5.41, 5.74) is 0.617. The quantitative estimate of drug-likeness (QED) is 0.815. The van der Waals surface area contributed by atoms with Crippen LogP contribution in [-0.4, -0.2) is 6.10 Å². The molecule has 17 heavy (non-hydrogen) atoms. The van der Waals surface area contributed by atoms with Crippen molar-refractivity contribution in [2.75, 3.05) is 0 Å². The van der Waals surface area contributed by atoms with Crippen molar-refractivity contribution in [2.45, 2.75) is 38.7 Å². The molecule has 3 heteroatoms. The van der Waals surface area contributed by atoms with Gasteiger partial charge in [0.25, 0.3) is 0 Å². The fourth-order valence-corrected chi connectivity index (χ4v) is 2.55. The molecule has 2 rings (SSSR count). The van der Waals surface area contributed by atoms with Gasteiger partial charge < -0.3 is 4.74 Å². The molecule has 0 spiro atoms. The molecule has 0 unspecified atom stereocenters. The predicted molar refractivity (Wildman–Crippen MR) is 70.9 cm³/mol. The van der Waals surface area contributed by atoms with E-state index in [0.29, 0.717) is 11.3 Å². The van der Waals surface area contributed by atoms with Crippen LogP contribution in [0.4, 0.5) is 0 Å². The fraction of sp³-hybridized carbons (Fsp3) is 0.500. The Kier molecular flexibility index (Phi) is 4.06. The van der Waals surface area contributed by atoms with E-state index in [1.54, 1.807) is 6.07 Å². The third kappa shape index (κ3) is 3.23. The molecule has 2 nitrogen and oxygen atoms in total. The third-order valence-corrected chi connectivity index (χ3v) is 3.81. The first-order valence-electron chi connectivity index (χ1n) is 6.05. The highest BCUT2D eigenvalue weighted by atomic mass is 79.9. The topological polar surface area (TPSA) is 33.0 Å². The maximum Gasteiger partial charge on any atom is 0.138 e. The Bertz CT molecular complexity index is 430. The molecular formula is C14H16BrNO.